The Bertz CT molecular complexity index is 1090. The first kappa shape index (κ1) is 24.7. The van der Waals surface area contributed by atoms with Gasteiger partial charge < -0.3 is 34.3 Å². The molecule has 1 aromatic carbocycles. The van der Waals surface area contributed by atoms with Crippen LogP contribution in [0.25, 0.3) is 0 Å². The minimum absolute atomic E-state index is 0.0950. The SMILES string of the molecule is COCCNC(=O)C[C@@H]1CC[C@@H]2[C@@H](COc3ccc(NC(=O)c4cc(C)on4)cc3C(=O)N2C)O1. The predicted molar refractivity (Wildman–Crippen MR) is 124 cm³/mol. The van der Waals surface area contributed by atoms with Gasteiger partial charge in [-0.2, -0.15) is 0 Å². The minimum Gasteiger partial charge on any atom is -0.490 e. The zero-order chi connectivity index (χ0) is 24.9. The van der Waals surface area contributed by atoms with Gasteiger partial charge in [-0.15, -0.1) is 0 Å². The molecule has 0 spiro atoms. The van der Waals surface area contributed by atoms with Crippen molar-refractivity contribution in [3.8, 4) is 5.75 Å². The fraction of sp³-hybridized carbons (Fsp3) is 0.500. The number of likely N-dealkylation sites (N-methyl/N-ethyl adjacent to an activating group) is 1. The Morgan fingerprint density at radius 3 is 2.83 bits per heavy atom. The topological polar surface area (TPSA) is 132 Å². The lowest BCUT2D eigenvalue weighted by Crippen LogP contribution is -2.54. The highest BCUT2D eigenvalue weighted by atomic mass is 16.5. The highest BCUT2D eigenvalue weighted by molar-refractivity contribution is 6.04. The van der Waals surface area contributed by atoms with E-state index in [-0.39, 0.29) is 48.8 Å². The molecule has 2 aromatic rings. The molecule has 11 nitrogen and oxygen atoms in total. The van der Waals surface area contributed by atoms with E-state index in [2.05, 4.69) is 15.8 Å². The Morgan fingerprint density at radius 1 is 1.26 bits per heavy atom. The van der Waals surface area contributed by atoms with E-state index in [1.807, 2.05) is 0 Å². The van der Waals surface area contributed by atoms with E-state index >= 15 is 0 Å². The first-order valence-electron chi connectivity index (χ1n) is 11.6. The van der Waals surface area contributed by atoms with Crippen LogP contribution in [0.2, 0.25) is 0 Å². The van der Waals surface area contributed by atoms with Crippen molar-refractivity contribution in [3.05, 3.63) is 41.3 Å². The van der Waals surface area contributed by atoms with Crippen LogP contribution in [0.5, 0.6) is 5.75 Å². The quantitative estimate of drug-likeness (QED) is 0.566. The summed E-state index contributed by atoms with van der Waals surface area (Å²) in [7, 11) is 3.32. The fourth-order valence-corrected chi connectivity index (χ4v) is 4.35. The summed E-state index contributed by atoms with van der Waals surface area (Å²) in [6.07, 6.45) is 0.968. The molecule has 2 N–H and O–H groups in total. The molecule has 0 radical (unpaired) electrons. The molecule has 11 heteroatoms. The van der Waals surface area contributed by atoms with Crippen molar-refractivity contribution in [2.45, 2.75) is 44.4 Å². The standard InChI is InChI=1S/C24H30N4O7/c1-14-10-18(27-35-14)23(30)26-15-4-7-20-17(11-15)24(31)28(2)19-6-5-16(34-21(19)13-33-20)12-22(29)25-8-9-32-3/h4,7,10-11,16,19,21H,5-6,8-9,12-13H2,1-3H3,(H,25,29)(H,26,30)/t16-,19+,21+/m0/s1. The second kappa shape index (κ2) is 10.9. The number of benzene rings is 1. The predicted octanol–water partition coefficient (Wildman–Crippen LogP) is 1.77. The van der Waals surface area contributed by atoms with Gasteiger partial charge in [-0.25, -0.2) is 0 Å². The summed E-state index contributed by atoms with van der Waals surface area (Å²) in [5.74, 6) is 0.160. The Kier molecular flexibility index (Phi) is 7.67. The number of anilines is 1. The number of hydrogen-bond donors (Lipinski definition) is 2. The van der Waals surface area contributed by atoms with Gasteiger partial charge in [0.05, 0.1) is 30.7 Å². The molecule has 4 rings (SSSR count). The van der Waals surface area contributed by atoms with Crippen molar-refractivity contribution in [1.82, 2.24) is 15.4 Å². The van der Waals surface area contributed by atoms with E-state index in [0.29, 0.717) is 48.8 Å². The van der Waals surface area contributed by atoms with Crippen LogP contribution in [0, 0.1) is 6.92 Å². The summed E-state index contributed by atoms with van der Waals surface area (Å²) >= 11 is 0. The summed E-state index contributed by atoms with van der Waals surface area (Å²) < 4.78 is 22.0. The van der Waals surface area contributed by atoms with Gasteiger partial charge >= 0.3 is 0 Å². The minimum atomic E-state index is -0.438. The molecular weight excluding hydrogens is 456 g/mol. The van der Waals surface area contributed by atoms with E-state index in [9.17, 15) is 14.4 Å². The van der Waals surface area contributed by atoms with Gasteiger partial charge in [-0.1, -0.05) is 5.16 Å². The van der Waals surface area contributed by atoms with Gasteiger partial charge in [-0.05, 0) is 38.0 Å². The fourth-order valence-electron chi connectivity index (χ4n) is 4.35. The maximum absolute atomic E-state index is 13.3. The van der Waals surface area contributed by atoms with Crippen molar-refractivity contribution in [3.63, 3.8) is 0 Å². The molecule has 1 saturated heterocycles. The third-order valence-electron chi connectivity index (χ3n) is 6.17. The lowest BCUT2D eigenvalue weighted by Gasteiger charge is -2.42. The molecule has 0 bridgehead atoms. The van der Waals surface area contributed by atoms with Gasteiger partial charge in [0.15, 0.2) is 5.69 Å². The number of nitrogens with one attached hydrogen (secondary N) is 2. The number of ether oxygens (including phenoxy) is 3. The first-order chi connectivity index (χ1) is 16.9. The van der Waals surface area contributed by atoms with E-state index in [1.54, 1.807) is 44.2 Å². The molecule has 0 unspecified atom stereocenters. The first-order valence-corrected chi connectivity index (χ1v) is 11.6. The molecule has 0 aliphatic carbocycles. The zero-order valence-electron chi connectivity index (χ0n) is 20.0. The monoisotopic (exact) mass is 486 g/mol. The van der Waals surface area contributed by atoms with E-state index in [1.165, 1.54) is 6.07 Å². The van der Waals surface area contributed by atoms with Crippen LogP contribution in [0.4, 0.5) is 5.69 Å². The second-order valence-corrected chi connectivity index (χ2v) is 8.70. The maximum Gasteiger partial charge on any atom is 0.277 e. The molecule has 35 heavy (non-hydrogen) atoms. The van der Waals surface area contributed by atoms with Crippen LogP contribution in [0.15, 0.2) is 28.8 Å². The van der Waals surface area contributed by atoms with Crippen molar-refractivity contribution >= 4 is 23.4 Å². The molecule has 1 fully saturated rings. The van der Waals surface area contributed by atoms with Crippen molar-refractivity contribution < 1.29 is 33.1 Å². The van der Waals surface area contributed by atoms with Gasteiger partial charge in [0.25, 0.3) is 11.8 Å². The molecule has 1 aromatic heterocycles. The Hall–Kier alpha value is -3.44. The lowest BCUT2D eigenvalue weighted by atomic mass is 9.94. The van der Waals surface area contributed by atoms with E-state index < -0.39 is 5.91 Å². The summed E-state index contributed by atoms with van der Waals surface area (Å²) in [5.41, 5.74) is 0.939. The van der Waals surface area contributed by atoms with Crippen LogP contribution in [-0.4, -0.2) is 79.9 Å². The van der Waals surface area contributed by atoms with Gasteiger partial charge in [0.1, 0.15) is 24.2 Å². The van der Waals surface area contributed by atoms with Gasteiger partial charge in [0, 0.05) is 32.5 Å². The largest absolute Gasteiger partial charge is 0.490 e. The molecule has 2 aliphatic heterocycles. The highest BCUT2D eigenvalue weighted by Gasteiger charge is 2.39. The second-order valence-electron chi connectivity index (χ2n) is 8.70. The van der Waals surface area contributed by atoms with Gasteiger partial charge in [0.2, 0.25) is 5.91 Å². The lowest BCUT2D eigenvalue weighted by molar-refractivity contribution is -0.134. The molecular formula is C24H30N4O7. The molecule has 188 valence electrons. The maximum atomic E-state index is 13.3. The van der Waals surface area contributed by atoms with Crippen LogP contribution >= 0.6 is 0 Å². The zero-order valence-corrected chi connectivity index (χ0v) is 20.0. The van der Waals surface area contributed by atoms with Crippen molar-refractivity contribution in [1.29, 1.82) is 0 Å². The average Bonchev–Trinajstić information content (AvgIpc) is 3.28. The van der Waals surface area contributed by atoms with E-state index in [4.69, 9.17) is 18.7 Å². The molecule has 3 amide bonds. The average molecular weight is 487 g/mol. The Morgan fingerprint density at radius 2 is 2.09 bits per heavy atom. The van der Waals surface area contributed by atoms with Crippen LogP contribution in [0.3, 0.4) is 0 Å². The number of hydrogen-bond acceptors (Lipinski definition) is 8. The number of carbonyl (C=O) groups is 3. The third-order valence-corrected chi connectivity index (χ3v) is 6.17. The molecule has 3 heterocycles. The summed E-state index contributed by atoms with van der Waals surface area (Å²) in [6.45, 7) is 2.84. The smallest absolute Gasteiger partial charge is 0.277 e. The number of methoxy groups -OCH3 is 1. The third kappa shape index (κ3) is 5.80. The Balaban J connectivity index is 1.43. The molecule has 0 saturated carbocycles. The number of carbonyl (C=O) groups excluding carboxylic acids is 3. The summed E-state index contributed by atoms with van der Waals surface area (Å²) in [5, 5.41) is 9.25. The number of rotatable bonds is 7. The van der Waals surface area contributed by atoms with Gasteiger partial charge in [-0.3, -0.25) is 14.4 Å². The highest BCUT2D eigenvalue weighted by Crippen LogP contribution is 2.32. The van der Waals surface area contributed by atoms with Crippen molar-refractivity contribution in [2.75, 3.05) is 39.2 Å². The number of amides is 3. The van der Waals surface area contributed by atoms with Crippen LogP contribution in [-0.2, 0) is 14.3 Å². The summed E-state index contributed by atoms with van der Waals surface area (Å²) in [6, 6.07) is 6.24. The number of nitrogens with zero attached hydrogens (tertiary/aromatic N) is 2. The number of fused-ring (bicyclic) bond motifs is 2. The van der Waals surface area contributed by atoms with E-state index in [0.717, 1.165) is 0 Å². The normalized spacial score (nSPS) is 21.7. The summed E-state index contributed by atoms with van der Waals surface area (Å²) in [4.78, 5) is 39.6. The number of aromatic nitrogens is 1. The van der Waals surface area contributed by atoms with Crippen molar-refractivity contribution in [2.24, 2.45) is 0 Å². The Labute approximate surface area is 203 Å². The van der Waals surface area contributed by atoms with Crippen LogP contribution in [0.1, 0.15) is 45.9 Å². The number of aryl methyl sites for hydroxylation is 1. The van der Waals surface area contributed by atoms with Crippen LogP contribution < -0.4 is 15.4 Å². The molecule has 3 atom stereocenters. The molecule has 2 aliphatic rings.